The summed E-state index contributed by atoms with van der Waals surface area (Å²) in [4.78, 5) is 16.5. The lowest BCUT2D eigenvalue weighted by atomic mass is 9.77. The topological polar surface area (TPSA) is 39.4 Å². The molecule has 5 nitrogen and oxygen atoms in total. The SMILES string of the molecule is CCn1c(C)c(C2(c3c(C)n(CC)c4ccccc34)OC(=O)c3c(Cl)c(Cl)c(N4CCCCC4)c(Cl)c32)c2ccccc21. The highest BCUT2D eigenvalue weighted by molar-refractivity contribution is 6.48. The Hall–Kier alpha value is -3.12. The van der Waals surface area contributed by atoms with Crippen LogP contribution in [0.5, 0.6) is 0 Å². The normalized spacial score (nSPS) is 16.3. The maximum atomic E-state index is 14.2. The Morgan fingerprint density at radius 2 is 1.23 bits per heavy atom. The van der Waals surface area contributed by atoms with Crippen molar-refractivity contribution in [3.8, 4) is 0 Å². The van der Waals surface area contributed by atoms with Crippen molar-refractivity contribution in [3.05, 3.63) is 97.2 Å². The molecule has 4 heterocycles. The number of aryl methyl sites for hydroxylation is 2. The average Bonchev–Trinajstić information content (AvgIpc) is 3.59. The van der Waals surface area contributed by atoms with Crippen molar-refractivity contribution in [1.29, 1.82) is 0 Å². The Balaban J connectivity index is 1.72. The van der Waals surface area contributed by atoms with Gasteiger partial charge in [0.05, 0.1) is 26.3 Å². The van der Waals surface area contributed by atoms with Gasteiger partial charge in [-0.25, -0.2) is 4.79 Å². The molecule has 43 heavy (non-hydrogen) atoms. The molecule has 2 aliphatic rings. The first kappa shape index (κ1) is 28.6. The Morgan fingerprint density at radius 1 is 0.721 bits per heavy atom. The lowest BCUT2D eigenvalue weighted by Gasteiger charge is -2.35. The van der Waals surface area contributed by atoms with Crippen molar-refractivity contribution in [1.82, 2.24) is 9.13 Å². The molecular formula is C35H34Cl3N3O2. The molecule has 8 heteroatoms. The average molecular weight is 635 g/mol. The first-order chi connectivity index (χ1) is 20.8. The minimum Gasteiger partial charge on any atom is -0.440 e. The van der Waals surface area contributed by atoms with Crippen LogP contribution in [-0.2, 0) is 23.4 Å². The monoisotopic (exact) mass is 633 g/mol. The number of ether oxygens (including phenoxy) is 1. The van der Waals surface area contributed by atoms with E-state index in [0.29, 0.717) is 21.3 Å². The zero-order valence-electron chi connectivity index (χ0n) is 24.9. The molecule has 0 spiro atoms. The van der Waals surface area contributed by atoms with E-state index in [-0.39, 0.29) is 10.6 Å². The minimum atomic E-state index is -1.36. The van der Waals surface area contributed by atoms with Gasteiger partial charge in [-0.15, -0.1) is 0 Å². The van der Waals surface area contributed by atoms with Crippen molar-refractivity contribution in [2.75, 3.05) is 18.0 Å². The van der Waals surface area contributed by atoms with Gasteiger partial charge in [0.1, 0.15) is 0 Å². The Bertz CT molecular complexity index is 1860. The Kier molecular flexibility index (Phi) is 7.00. The van der Waals surface area contributed by atoms with Gasteiger partial charge in [-0.1, -0.05) is 71.2 Å². The van der Waals surface area contributed by atoms with Gasteiger partial charge in [-0.05, 0) is 59.1 Å². The van der Waals surface area contributed by atoms with Crippen molar-refractivity contribution in [2.45, 2.75) is 65.6 Å². The van der Waals surface area contributed by atoms with Crippen molar-refractivity contribution in [2.24, 2.45) is 0 Å². The number of rotatable bonds is 5. The summed E-state index contributed by atoms with van der Waals surface area (Å²) in [6, 6.07) is 16.6. The summed E-state index contributed by atoms with van der Waals surface area (Å²) < 4.78 is 11.4. The molecule has 5 aromatic rings. The fourth-order valence-corrected chi connectivity index (χ4v) is 8.91. The number of fused-ring (bicyclic) bond motifs is 3. The first-order valence-electron chi connectivity index (χ1n) is 15.1. The molecule has 3 aromatic carbocycles. The standard InChI is InChI=1S/C35H34Cl3N3O2/c1-5-40-20(3)27(22-14-8-10-16-24(22)40)35(28-21(4)41(6-2)25-17-11-9-15-23(25)28)29-26(34(42)43-35)30(36)32(38)33(31(29)37)39-18-12-7-13-19-39/h8-11,14-17H,5-7,12-13,18-19H2,1-4H3. The minimum absolute atomic E-state index is 0.197. The van der Waals surface area contributed by atoms with Gasteiger partial charge in [0.25, 0.3) is 0 Å². The molecule has 0 unspecified atom stereocenters. The van der Waals surface area contributed by atoms with E-state index in [4.69, 9.17) is 39.5 Å². The summed E-state index contributed by atoms with van der Waals surface area (Å²) >= 11 is 21.7. The first-order valence-corrected chi connectivity index (χ1v) is 16.3. The van der Waals surface area contributed by atoms with Gasteiger partial charge < -0.3 is 18.8 Å². The number of para-hydroxylation sites is 2. The summed E-state index contributed by atoms with van der Waals surface area (Å²) in [5, 5.41) is 2.95. The number of nitrogens with zero attached hydrogens (tertiary/aromatic N) is 3. The van der Waals surface area contributed by atoms with Crippen LogP contribution in [0.1, 0.15) is 71.5 Å². The number of hydrogen-bond donors (Lipinski definition) is 0. The van der Waals surface area contributed by atoms with Crippen molar-refractivity contribution < 1.29 is 9.53 Å². The van der Waals surface area contributed by atoms with E-state index >= 15 is 0 Å². The van der Waals surface area contributed by atoms with E-state index in [1.54, 1.807) is 0 Å². The van der Waals surface area contributed by atoms with Gasteiger partial charge >= 0.3 is 5.97 Å². The summed E-state index contributed by atoms with van der Waals surface area (Å²) in [7, 11) is 0. The van der Waals surface area contributed by atoms with Gasteiger partial charge in [0.2, 0.25) is 0 Å². The zero-order chi connectivity index (χ0) is 30.2. The molecular weight excluding hydrogens is 601 g/mol. The second-order valence-electron chi connectivity index (χ2n) is 11.6. The van der Waals surface area contributed by atoms with Gasteiger partial charge in [-0.2, -0.15) is 0 Å². The number of carbonyl (C=O) groups excluding carboxylic acids is 1. The van der Waals surface area contributed by atoms with Crippen LogP contribution >= 0.6 is 34.8 Å². The van der Waals surface area contributed by atoms with Gasteiger partial charge in [0.15, 0.2) is 5.60 Å². The highest BCUT2D eigenvalue weighted by atomic mass is 35.5. The van der Waals surface area contributed by atoms with Crippen LogP contribution in [0.4, 0.5) is 5.69 Å². The van der Waals surface area contributed by atoms with Crippen LogP contribution in [0.3, 0.4) is 0 Å². The van der Waals surface area contributed by atoms with Crippen LogP contribution < -0.4 is 4.90 Å². The number of esters is 1. The Labute approximate surface area is 266 Å². The Morgan fingerprint density at radius 3 is 1.74 bits per heavy atom. The molecule has 0 radical (unpaired) electrons. The van der Waals surface area contributed by atoms with Crippen molar-refractivity contribution >= 4 is 68.3 Å². The van der Waals surface area contributed by atoms with Crippen molar-refractivity contribution in [3.63, 3.8) is 0 Å². The van der Waals surface area contributed by atoms with Crippen LogP contribution in [0, 0.1) is 13.8 Å². The molecule has 222 valence electrons. The fraction of sp³-hybridized carbons (Fsp3) is 0.343. The number of anilines is 1. The number of aromatic nitrogens is 2. The molecule has 0 N–H and O–H groups in total. The van der Waals surface area contributed by atoms with E-state index in [1.165, 1.54) is 0 Å². The largest absolute Gasteiger partial charge is 0.440 e. The third-order valence-electron chi connectivity index (χ3n) is 9.57. The van der Waals surface area contributed by atoms with Crippen LogP contribution in [0.25, 0.3) is 21.8 Å². The third kappa shape index (κ3) is 3.81. The van der Waals surface area contributed by atoms with Crippen LogP contribution in [-0.4, -0.2) is 28.2 Å². The third-order valence-corrected chi connectivity index (χ3v) is 10.8. The predicted molar refractivity (Wildman–Crippen MR) is 178 cm³/mol. The number of carbonyl (C=O) groups is 1. The number of hydrogen-bond acceptors (Lipinski definition) is 3. The zero-order valence-corrected chi connectivity index (χ0v) is 27.1. The van der Waals surface area contributed by atoms with E-state index < -0.39 is 11.6 Å². The quantitative estimate of drug-likeness (QED) is 0.143. The predicted octanol–water partition coefficient (Wildman–Crippen LogP) is 9.67. The molecule has 7 rings (SSSR count). The van der Waals surface area contributed by atoms with Crippen LogP contribution in [0.15, 0.2) is 48.5 Å². The maximum absolute atomic E-state index is 14.2. The number of halogens is 3. The molecule has 0 amide bonds. The van der Waals surface area contributed by atoms with E-state index in [1.807, 2.05) is 24.3 Å². The summed E-state index contributed by atoms with van der Waals surface area (Å²) in [6.07, 6.45) is 3.23. The number of cyclic esters (lactones) is 1. The van der Waals surface area contributed by atoms with E-state index in [2.05, 4.69) is 66.0 Å². The number of benzene rings is 3. The van der Waals surface area contributed by atoms with Gasteiger partial charge in [-0.3, -0.25) is 0 Å². The molecule has 1 fully saturated rings. The smallest absolute Gasteiger partial charge is 0.341 e. The molecule has 0 aliphatic carbocycles. The highest BCUT2D eigenvalue weighted by Gasteiger charge is 2.56. The highest BCUT2D eigenvalue weighted by Crippen LogP contribution is 2.60. The second-order valence-corrected chi connectivity index (χ2v) is 12.7. The molecule has 0 saturated carbocycles. The lowest BCUT2D eigenvalue weighted by Crippen LogP contribution is -2.33. The van der Waals surface area contributed by atoms with E-state index in [9.17, 15) is 4.79 Å². The maximum Gasteiger partial charge on any atom is 0.341 e. The van der Waals surface area contributed by atoms with Crippen LogP contribution in [0.2, 0.25) is 15.1 Å². The molecule has 2 aromatic heterocycles. The molecule has 0 bridgehead atoms. The van der Waals surface area contributed by atoms with E-state index in [0.717, 1.165) is 89.8 Å². The lowest BCUT2D eigenvalue weighted by molar-refractivity contribution is 0.0256. The summed E-state index contributed by atoms with van der Waals surface area (Å²) in [6.45, 7) is 11.6. The van der Waals surface area contributed by atoms with Gasteiger partial charge in [0, 0.05) is 76.1 Å². The molecule has 0 atom stereocenters. The fourth-order valence-electron chi connectivity index (χ4n) is 7.85. The summed E-state index contributed by atoms with van der Waals surface area (Å²) in [5.41, 5.74) is 6.14. The number of piperidine rings is 1. The summed E-state index contributed by atoms with van der Waals surface area (Å²) in [5.74, 6) is -0.519. The molecule has 1 saturated heterocycles. The molecule has 2 aliphatic heterocycles. The second kappa shape index (κ2) is 10.5.